The average molecular weight is 430 g/mol. The third-order valence-corrected chi connectivity index (χ3v) is 5.16. The number of nitriles is 1. The molecule has 0 heterocycles. The number of nitrogens with zero attached hydrogens (tertiary/aromatic N) is 1. The molecule has 0 aliphatic rings. The SMILES string of the molecule is C=C(C)C(C(=O)O)(C(C)C=C(Cl)Cl)C(C#N)c1cccc(Oc2ccccc2)c1. The molecule has 6 heteroatoms. The van der Waals surface area contributed by atoms with Crippen molar-refractivity contribution in [1.82, 2.24) is 0 Å². The Hall–Kier alpha value is -2.74. The molecule has 0 saturated carbocycles. The van der Waals surface area contributed by atoms with E-state index in [1.54, 1.807) is 50.2 Å². The first kappa shape index (κ1) is 22.5. The molecule has 0 aliphatic heterocycles. The Morgan fingerprint density at radius 3 is 2.34 bits per heavy atom. The third-order valence-electron chi connectivity index (χ3n) is 4.91. The number of halogens is 2. The van der Waals surface area contributed by atoms with Gasteiger partial charge in [0.25, 0.3) is 0 Å². The van der Waals surface area contributed by atoms with Crippen molar-refractivity contribution in [2.45, 2.75) is 19.8 Å². The van der Waals surface area contributed by atoms with Gasteiger partial charge in [0.05, 0.1) is 12.0 Å². The number of rotatable bonds is 8. The predicted molar refractivity (Wildman–Crippen MR) is 115 cm³/mol. The summed E-state index contributed by atoms with van der Waals surface area (Å²) in [6.45, 7) is 7.13. The Balaban J connectivity index is 2.57. The zero-order chi connectivity index (χ0) is 21.6. The highest BCUT2D eigenvalue weighted by molar-refractivity contribution is 6.55. The minimum absolute atomic E-state index is 0.0674. The van der Waals surface area contributed by atoms with E-state index in [4.69, 9.17) is 27.9 Å². The summed E-state index contributed by atoms with van der Waals surface area (Å²) in [5.41, 5.74) is -0.809. The molecule has 0 radical (unpaired) electrons. The van der Waals surface area contributed by atoms with Crippen molar-refractivity contribution in [3.05, 3.63) is 82.9 Å². The van der Waals surface area contributed by atoms with Crippen molar-refractivity contribution < 1.29 is 14.6 Å². The van der Waals surface area contributed by atoms with E-state index in [1.165, 1.54) is 6.08 Å². The maximum absolute atomic E-state index is 12.5. The molecule has 3 unspecified atom stereocenters. The molecule has 0 aromatic heterocycles. The Morgan fingerprint density at radius 2 is 1.83 bits per heavy atom. The van der Waals surface area contributed by atoms with E-state index in [-0.39, 0.29) is 4.49 Å². The zero-order valence-electron chi connectivity index (χ0n) is 16.1. The van der Waals surface area contributed by atoms with E-state index >= 15 is 0 Å². The van der Waals surface area contributed by atoms with Crippen LogP contribution in [-0.2, 0) is 4.79 Å². The van der Waals surface area contributed by atoms with Crippen molar-refractivity contribution >= 4 is 29.2 Å². The summed E-state index contributed by atoms with van der Waals surface area (Å²) in [6, 6.07) is 18.2. The van der Waals surface area contributed by atoms with E-state index in [0.717, 1.165) is 0 Å². The molecule has 29 heavy (non-hydrogen) atoms. The molecule has 0 fully saturated rings. The highest BCUT2D eigenvalue weighted by Gasteiger charge is 2.51. The minimum Gasteiger partial charge on any atom is -0.481 e. The first-order valence-corrected chi connectivity index (χ1v) is 9.63. The van der Waals surface area contributed by atoms with Gasteiger partial charge >= 0.3 is 5.97 Å². The summed E-state index contributed by atoms with van der Waals surface area (Å²) in [4.78, 5) is 12.5. The van der Waals surface area contributed by atoms with Gasteiger partial charge in [-0.3, -0.25) is 4.79 Å². The summed E-state index contributed by atoms with van der Waals surface area (Å²) in [5, 5.41) is 20.2. The summed E-state index contributed by atoms with van der Waals surface area (Å²) in [6.07, 6.45) is 1.42. The van der Waals surface area contributed by atoms with Crippen LogP contribution in [0.4, 0.5) is 0 Å². The Kier molecular flexibility index (Phi) is 7.50. The van der Waals surface area contributed by atoms with Crippen LogP contribution < -0.4 is 4.74 Å². The van der Waals surface area contributed by atoms with E-state index in [0.29, 0.717) is 22.6 Å². The number of hydrogen-bond donors (Lipinski definition) is 1. The van der Waals surface area contributed by atoms with Gasteiger partial charge in [0.1, 0.15) is 21.4 Å². The van der Waals surface area contributed by atoms with Gasteiger partial charge in [-0.05, 0) is 48.7 Å². The lowest BCUT2D eigenvalue weighted by molar-refractivity contribution is -0.149. The number of hydrogen-bond acceptors (Lipinski definition) is 3. The van der Waals surface area contributed by atoms with Gasteiger partial charge in [-0.25, -0.2) is 0 Å². The van der Waals surface area contributed by atoms with Gasteiger partial charge in [0, 0.05) is 0 Å². The molecule has 150 valence electrons. The van der Waals surface area contributed by atoms with E-state index in [2.05, 4.69) is 12.6 Å². The van der Waals surface area contributed by atoms with Gasteiger partial charge in [-0.15, -0.1) is 0 Å². The number of allylic oxidation sites excluding steroid dienone is 1. The lowest BCUT2D eigenvalue weighted by Crippen LogP contribution is -2.43. The maximum atomic E-state index is 12.5. The van der Waals surface area contributed by atoms with Crippen LogP contribution in [0.1, 0.15) is 25.3 Å². The largest absolute Gasteiger partial charge is 0.481 e. The molecule has 0 aliphatic carbocycles. The van der Waals surface area contributed by atoms with E-state index in [9.17, 15) is 15.2 Å². The van der Waals surface area contributed by atoms with Crippen LogP contribution in [0.2, 0.25) is 0 Å². The molecule has 0 spiro atoms. The number of ether oxygens (including phenoxy) is 1. The van der Waals surface area contributed by atoms with Crippen LogP contribution in [0.25, 0.3) is 0 Å². The molecule has 0 saturated heterocycles. The lowest BCUT2D eigenvalue weighted by Gasteiger charge is -2.38. The first-order valence-electron chi connectivity index (χ1n) is 8.88. The maximum Gasteiger partial charge on any atom is 0.316 e. The molecule has 3 atom stereocenters. The van der Waals surface area contributed by atoms with Gasteiger partial charge in [-0.2, -0.15) is 5.26 Å². The average Bonchev–Trinajstić information content (AvgIpc) is 2.65. The second kappa shape index (κ2) is 9.65. The molecule has 2 aromatic rings. The fraction of sp³-hybridized carbons (Fsp3) is 0.217. The Morgan fingerprint density at radius 1 is 1.21 bits per heavy atom. The normalized spacial score (nSPS) is 14.6. The van der Waals surface area contributed by atoms with Crippen molar-refractivity contribution in [3.8, 4) is 17.6 Å². The summed E-state index contributed by atoms with van der Waals surface area (Å²) in [7, 11) is 0. The van der Waals surface area contributed by atoms with Gasteiger partial charge in [0.15, 0.2) is 0 Å². The number of aliphatic carboxylic acids is 1. The molecule has 0 bridgehead atoms. The van der Waals surface area contributed by atoms with Gasteiger partial charge in [-0.1, -0.05) is 72.6 Å². The fourth-order valence-corrected chi connectivity index (χ4v) is 3.92. The standard InChI is InChI=1S/C23H21Cl2NO3/c1-15(2)23(22(27)28,16(3)12-21(24)25)20(14-26)17-8-7-11-19(13-17)29-18-9-5-4-6-10-18/h4-13,16,20H,1H2,2-3H3,(H,27,28). The molecular weight excluding hydrogens is 409 g/mol. The molecule has 2 rings (SSSR count). The van der Waals surface area contributed by atoms with Crippen LogP contribution in [0.15, 0.2) is 77.3 Å². The number of benzene rings is 2. The molecule has 2 aromatic carbocycles. The van der Waals surface area contributed by atoms with E-state index < -0.39 is 23.2 Å². The van der Waals surface area contributed by atoms with Crippen molar-refractivity contribution in [1.29, 1.82) is 5.26 Å². The van der Waals surface area contributed by atoms with Gasteiger partial charge < -0.3 is 9.84 Å². The summed E-state index contributed by atoms with van der Waals surface area (Å²) < 4.78 is 5.77. The highest BCUT2D eigenvalue weighted by Crippen LogP contribution is 2.49. The summed E-state index contributed by atoms with van der Waals surface area (Å²) in [5.74, 6) is -1.79. The van der Waals surface area contributed by atoms with Crippen LogP contribution in [0.3, 0.4) is 0 Å². The number of carbonyl (C=O) groups is 1. The molecule has 0 amide bonds. The van der Waals surface area contributed by atoms with Crippen molar-refractivity contribution in [2.24, 2.45) is 11.3 Å². The molecule has 4 nitrogen and oxygen atoms in total. The highest BCUT2D eigenvalue weighted by atomic mass is 35.5. The number of para-hydroxylation sites is 1. The molecular formula is C23H21Cl2NO3. The number of carboxylic acid groups (broad SMARTS) is 1. The fourth-order valence-electron chi connectivity index (χ4n) is 3.54. The van der Waals surface area contributed by atoms with E-state index in [1.807, 2.05) is 18.2 Å². The van der Waals surface area contributed by atoms with Crippen molar-refractivity contribution in [2.75, 3.05) is 0 Å². The summed E-state index contributed by atoms with van der Waals surface area (Å²) >= 11 is 11.6. The zero-order valence-corrected chi connectivity index (χ0v) is 17.6. The predicted octanol–water partition coefficient (Wildman–Crippen LogP) is 6.69. The smallest absolute Gasteiger partial charge is 0.316 e. The third kappa shape index (κ3) is 4.82. The second-order valence-corrected chi connectivity index (χ2v) is 7.76. The Bertz CT molecular complexity index is 946. The van der Waals surface area contributed by atoms with Crippen LogP contribution >= 0.6 is 23.2 Å². The minimum atomic E-state index is -1.63. The second-order valence-electron chi connectivity index (χ2n) is 6.75. The number of carboxylic acids is 1. The van der Waals surface area contributed by atoms with Crippen molar-refractivity contribution in [3.63, 3.8) is 0 Å². The lowest BCUT2D eigenvalue weighted by atomic mass is 9.61. The monoisotopic (exact) mass is 429 g/mol. The van der Waals surface area contributed by atoms with Crippen LogP contribution in [0.5, 0.6) is 11.5 Å². The van der Waals surface area contributed by atoms with Crippen LogP contribution in [0, 0.1) is 22.7 Å². The molecule has 1 N–H and O–H groups in total. The van der Waals surface area contributed by atoms with Gasteiger partial charge in [0.2, 0.25) is 0 Å². The quantitative estimate of drug-likeness (QED) is 0.474. The Labute approximate surface area is 180 Å². The van der Waals surface area contributed by atoms with Crippen LogP contribution in [-0.4, -0.2) is 11.1 Å². The topological polar surface area (TPSA) is 70.3 Å². The first-order chi connectivity index (χ1) is 13.7.